The van der Waals surface area contributed by atoms with Crippen LogP contribution in [0.25, 0.3) is 0 Å². The summed E-state index contributed by atoms with van der Waals surface area (Å²) in [6.45, 7) is 2.20. The number of aromatic hydroxyl groups is 1. The van der Waals surface area contributed by atoms with Crippen LogP contribution < -0.4 is 5.32 Å². The molecule has 0 aromatic heterocycles. The zero-order chi connectivity index (χ0) is 20.1. The highest BCUT2D eigenvalue weighted by Gasteiger charge is 2.67. The van der Waals surface area contributed by atoms with Crippen molar-refractivity contribution in [2.45, 2.75) is 67.5 Å². The van der Waals surface area contributed by atoms with Gasteiger partial charge >= 0.3 is 0 Å². The predicted molar refractivity (Wildman–Crippen MR) is 117 cm³/mol. The van der Waals surface area contributed by atoms with Crippen LogP contribution in [0.5, 0.6) is 5.75 Å². The molecule has 2 aliphatic heterocycles. The third-order valence-corrected chi connectivity index (χ3v) is 9.14. The van der Waals surface area contributed by atoms with Crippen LogP contribution in [0.3, 0.4) is 0 Å². The van der Waals surface area contributed by atoms with Crippen LogP contribution in [0, 0.1) is 5.92 Å². The normalized spacial score (nSPS) is 38.8. The molecule has 0 spiro atoms. The molecular formula is C26H30N2O2. The molecule has 2 bridgehead atoms. The summed E-state index contributed by atoms with van der Waals surface area (Å²) in [5.74, 6) is 1.52. The lowest BCUT2D eigenvalue weighted by Crippen LogP contribution is -2.74. The minimum atomic E-state index is -0.749. The lowest BCUT2D eigenvalue weighted by Gasteiger charge is -2.65. The van der Waals surface area contributed by atoms with E-state index in [1.807, 2.05) is 12.1 Å². The molecule has 3 N–H and O–H groups in total. The van der Waals surface area contributed by atoms with Gasteiger partial charge in [-0.15, -0.1) is 0 Å². The first-order valence-corrected chi connectivity index (χ1v) is 11.7. The standard InChI is InChI=1S/C26H30N2O2/c29-18-8-7-17-11-24-26(30)13-20-19-3-1-2-4-22(19)27-23(20)14-25(26,21(17)12-18)9-10-28(24)15-16-5-6-16/h1-4,7-8,12,16,20,23-24,27,29-30H,5-6,9-11,13-15H2/t20?,23?,24-,25-,26-/m1/s1. The zero-order valence-corrected chi connectivity index (χ0v) is 17.3. The highest BCUT2D eigenvalue weighted by atomic mass is 16.3. The summed E-state index contributed by atoms with van der Waals surface area (Å²) in [5, 5.41) is 26.8. The SMILES string of the molecule is Oc1ccc2c(c1)[C@]13CCN(CC4CC4)[C@H](C2)[C@]1(O)CC1c2ccccc2NC1C3. The van der Waals surface area contributed by atoms with Gasteiger partial charge in [0.25, 0.3) is 0 Å². The van der Waals surface area contributed by atoms with Gasteiger partial charge in [-0.05, 0) is 85.9 Å². The molecule has 3 aliphatic carbocycles. The van der Waals surface area contributed by atoms with Crippen LogP contribution in [-0.4, -0.2) is 45.9 Å². The molecule has 7 rings (SSSR count). The molecule has 2 aromatic carbocycles. The van der Waals surface area contributed by atoms with Gasteiger partial charge in [-0.3, -0.25) is 4.90 Å². The van der Waals surface area contributed by atoms with E-state index in [1.165, 1.54) is 35.2 Å². The van der Waals surface area contributed by atoms with E-state index < -0.39 is 5.60 Å². The number of hydrogen-bond acceptors (Lipinski definition) is 4. The molecule has 2 aromatic rings. The van der Waals surface area contributed by atoms with E-state index >= 15 is 0 Å². The summed E-state index contributed by atoms with van der Waals surface area (Å²) < 4.78 is 0. The van der Waals surface area contributed by atoms with Crippen molar-refractivity contribution < 1.29 is 10.2 Å². The van der Waals surface area contributed by atoms with E-state index in [9.17, 15) is 10.2 Å². The number of aliphatic hydroxyl groups is 1. The average Bonchev–Trinajstić information content (AvgIpc) is 3.49. The Bertz CT molecular complexity index is 1030. The summed E-state index contributed by atoms with van der Waals surface area (Å²) in [4.78, 5) is 2.63. The van der Waals surface area contributed by atoms with Crippen molar-refractivity contribution in [2.24, 2.45) is 5.92 Å². The molecular weight excluding hydrogens is 372 g/mol. The fourth-order valence-electron chi connectivity index (χ4n) is 7.59. The molecule has 2 saturated carbocycles. The Hall–Kier alpha value is -2.04. The Morgan fingerprint density at radius 3 is 2.83 bits per heavy atom. The van der Waals surface area contributed by atoms with Crippen LogP contribution in [0.4, 0.5) is 5.69 Å². The second kappa shape index (κ2) is 5.80. The Kier molecular flexibility index (Phi) is 3.41. The van der Waals surface area contributed by atoms with E-state index in [0.29, 0.717) is 17.7 Å². The van der Waals surface area contributed by atoms with Crippen LogP contribution in [-0.2, 0) is 11.8 Å². The van der Waals surface area contributed by atoms with Crippen LogP contribution in [0.1, 0.15) is 54.7 Å². The summed E-state index contributed by atoms with van der Waals surface area (Å²) >= 11 is 0. The van der Waals surface area contributed by atoms with Gasteiger partial charge in [-0.2, -0.15) is 0 Å². The van der Waals surface area contributed by atoms with Gasteiger partial charge in [-0.25, -0.2) is 0 Å². The van der Waals surface area contributed by atoms with E-state index in [0.717, 1.165) is 44.7 Å². The number of nitrogens with zero attached hydrogens (tertiary/aromatic N) is 1. The summed E-state index contributed by atoms with van der Waals surface area (Å²) in [7, 11) is 0. The third kappa shape index (κ3) is 2.19. The van der Waals surface area contributed by atoms with Gasteiger partial charge in [0.05, 0.1) is 5.60 Å². The number of benzene rings is 2. The van der Waals surface area contributed by atoms with Crippen molar-refractivity contribution >= 4 is 5.69 Å². The molecule has 4 nitrogen and oxygen atoms in total. The number of hydrogen-bond donors (Lipinski definition) is 3. The van der Waals surface area contributed by atoms with Crippen molar-refractivity contribution in [1.82, 2.24) is 4.90 Å². The topological polar surface area (TPSA) is 55.7 Å². The van der Waals surface area contributed by atoms with Crippen molar-refractivity contribution in [3.63, 3.8) is 0 Å². The quantitative estimate of drug-likeness (QED) is 0.716. The number of nitrogens with one attached hydrogen (secondary N) is 1. The molecule has 3 fully saturated rings. The monoisotopic (exact) mass is 402 g/mol. The molecule has 0 amide bonds. The maximum atomic E-state index is 12.6. The maximum absolute atomic E-state index is 12.6. The fourth-order valence-corrected chi connectivity index (χ4v) is 7.59. The summed E-state index contributed by atoms with van der Waals surface area (Å²) in [5.41, 5.74) is 4.13. The van der Waals surface area contributed by atoms with Gasteiger partial charge < -0.3 is 15.5 Å². The number of para-hydroxylation sites is 1. The Balaban J connectivity index is 1.38. The number of piperidine rings is 1. The molecule has 0 radical (unpaired) electrons. The van der Waals surface area contributed by atoms with Crippen LogP contribution >= 0.6 is 0 Å². The van der Waals surface area contributed by atoms with E-state index in [1.54, 1.807) is 0 Å². The molecule has 156 valence electrons. The van der Waals surface area contributed by atoms with E-state index in [-0.39, 0.29) is 11.5 Å². The number of phenols is 1. The maximum Gasteiger partial charge on any atom is 0.115 e. The molecule has 2 heterocycles. The van der Waals surface area contributed by atoms with E-state index in [4.69, 9.17) is 0 Å². The first-order valence-electron chi connectivity index (χ1n) is 11.7. The predicted octanol–water partition coefficient (Wildman–Crippen LogP) is 3.77. The average molecular weight is 403 g/mol. The Labute approximate surface area is 177 Å². The largest absolute Gasteiger partial charge is 0.508 e. The first kappa shape index (κ1) is 17.6. The molecule has 5 atom stereocenters. The lowest BCUT2D eigenvalue weighted by molar-refractivity contribution is -0.171. The number of likely N-dealkylation sites (tertiary alicyclic amines) is 1. The van der Waals surface area contributed by atoms with Gasteiger partial charge in [0.15, 0.2) is 0 Å². The molecule has 1 saturated heterocycles. The second-order valence-corrected chi connectivity index (χ2v) is 10.6. The first-order chi connectivity index (χ1) is 14.6. The summed E-state index contributed by atoms with van der Waals surface area (Å²) in [6.07, 6.45) is 6.31. The minimum Gasteiger partial charge on any atom is -0.508 e. The lowest BCUT2D eigenvalue weighted by atomic mass is 9.47. The summed E-state index contributed by atoms with van der Waals surface area (Å²) in [6, 6.07) is 15.1. The zero-order valence-electron chi connectivity index (χ0n) is 17.3. The highest BCUT2D eigenvalue weighted by molar-refractivity contribution is 5.61. The van der Waals surface area contributed by atoms with Crippen LogP contribution in [0.2, 0.25) is 0 Å². The van der Waals surface area contributed by atoms with Crippen LogP contribution in [0.15, 0.2) is 42.5 Å². The molecule has 4 heteroatoms. The van der Waals surface area contributed by atoms with Gasteiger partial charge in [0.1, 0.15) is 5.75 Å². The van der Waals surface area contributed by atoms with Crippen molar-refractivity contribution in [3.8, 4) is 5.75 Å². The number of rotatable bonds is 2. The molecule has 2 unspecified atom stereocenters. The highest BCUT2D eigenvalue weighted by Crippen LogP contribution is 2.63. The number of fused-ring (bicyclic) bond motifs is 4. The molecule has 5 aliphatic rings. The number of phenolic OH excluding ortho intramolecular Hbond substituents is 1. The van der Waals surface area contributed by atoms with Gasteiger partial charge in [-0.1, -0.05) is 24.3 Å². The van der Waals surface area contributed by atoms with Crippen molar-refractivity contribution in [1.29, 1.82) is 0 Å². The minimum absolute atomic E-state index is 0.178. The second-order valence-electron chi connectivity index (χ2n) is 10.6. The Morgan fingerprint density at radius 2 is 1.97 bits per heavy atom. The van der Waals surface area contributed by atoms with Crippen molar-refractivity contribution in [2.75, 3.05) is 18.4 Å². The Morgan fingerprint density at radius 1 is 1.10 bits per heavy atom. The van der Waals surface area contributed by atoms with E-state index in [2.05, 4.69) is 40.5 Å². The van der Waals surface area contributed by atoms with Gasteiger partial charge in [0.2, 0.25) is 0 Å². The van der Waals surface area contributed by atoms with Gasteiger partial charge in [0, 0.05) is 35.6 Å². The smallest absolute Gasteiger partial charge is 0.115 e. The fraction of sp³-hybridized carbons (Fsp3) is 0.538. The molecule has 30 heavy (non-hydrogen) atoms. The third-order valence-electron chi connectivity index (χ3n) is 9.14. The van der Waals surface area contributed by atoms with Crippen molar-refractivity contribution in [3.05, 3.63) is 59.2 Å². The number of anilines is 1.